The third kappa shape index (κ3) is 4.00. The summed E-state index contributed by atoms with van der Waals surface area (Å²) >= 11 is 1.51. The van der Waals surface area contributed by atoms with E-state index in [9.17, 15) is 4.79 Å². The second-order valence-corrected chi connectivity index (χ2v) is 7.92. The Kier molecular flexibility index (Phi) is 5.68. The van der Waals surface area contributed by atoms with Crippen LogP contribution in [0.4, 0.5) is 5.13 Å². The van der Waals surface area contributed by atoms with Crippen molar-refractivity contribution in [3.63, 3.8) is 0 Å². The van der Waals surface area contributed by atoms with Gasteiger partial charge in [0.1, 0.15) is 11.5 Å². The van der Waals surface area contributed by atoms with Crippen molar-refractivity contribution in [3.8, 4) is 11.5 Å². The summed E-state index contributed by atoms with van der Waals surface area (Å²) in [6.07, 6.45) is 0. The number of benzene rings is 3. The molecule has 0 saturated heterocycles. The van der Waals surface area contributed by atoms with Gasteiger partial charge in [0.05, 0.1) is 36.5 Å². The number of aryl methyl sites for hydroxylation is 1. The molecule has 0 N–H and O–H groups in total. The van der Waals surface area contributed by atoms with Gasteiger partial charge in [-0.1, -0.05) is 47.7 Å². The monoisotopic (exact) mass is 418 g/mol. The van der Waals surface area contributed by atoms with Gasteiger partial charge in [0.15, 0.2) is 5.13 Å². The lowest BCUT2D eigenvalue weighted by Gasteiger charge is -2.21. The van der Waals surface area contributed by atoms with Crippen LogP contribution in [0.5, 0.6) is 11.5 Å². The van der Waals surface area contributed by atoms with E-state index in [0.717, 1.165) is 21.3 Å². The molecule has 0 fully saturated rings. The molecule has 0 aliphatic carbocycles. The number of nitrogens with zero attached hydrogens (tertiary/aromatic N) is 2. The number of hydrogen-bond acceptors (Lipinski definition) is 5. The van der Waals surface area contributed by atoms with Crippen molar-refractivity contribution < 1.29 is 14.3 Å². The third-order valence-electron chi connectivity index (χ3n) is 4.83. The Morgan fingerprint density at radius 1 is 1.00 bits per heavy atom. The fraction of sp³-hybridized carbons (Fsp3) is 0.167. The van der Waals surface area contributed by atoms with Crippen LogP contribution in [-0.4, -0.2) is 25.1 Å². The first-order valence-electron chi connectivity index (χ1n) is 9.54. The van der Waals surface area contributed by atoms with E-state index in [1.54, 1.807) is 37.3 Å². The van der Waals surface area contributed by atoms with Crippen molar-refractivity contribution in [1.29, 1.82) is 0 Å². The molecule has 30 heavy (non-hydrogen) atoms. The van der Waals surface area contributed by atoms with E-state index in [1.165, 1.54) is 11.3 Å². The van der Waals surface area contributed by atoms with Gasteiger partial charge in [-0.25, -0.2) is 4.98 Å². The Morgan fingerprint density at radius 2 is 1.80 bits per heavy atom. The maximum Gasteiger partial charge on any atom is 0.264 e. The minimum atomic E-state index is -0.189. The molecule has 0 bridgehead atoms. The van der Waals surface area contributed by atoms with Gasteiger partial charge in [-0.2, -0.15) is 0 Å². The number of carbonyl (C=O) groups excluding carboxylic acids is 1. The summed E-state index contributed by atoms with van der Waals surface area (Å²) < 4.78 is 11.8. The molecule has 0 aliphatic heterocycles. The van der Waals surface area contributed by atoms with Gasteiger partial charge in [0.2, 0.25) is 0 Å². The van der Waals surface area contributed by atoms with Gasteiger partial charge in [-0.3, -0.25) is 9.69 Å². The highest BCUT2D eigenvalue weighted by atomic mass is 32.1. The zero-order valence-electron chi connectivity index (χ0n) is 17.1. The molecule has 0 saturated carbocycles. The summed E-state index contributed by atoms with van der Waals surface area (Å²) in [6, 6.07) is 21.2. The first-order valence-corrected chi connectivity index (χ1v) is 10.4. The fourth-order valence-electron chi connectivity index (χ4n) is 3.25. The van der Waals surface area contributed by atoms with Gasteiger partial charge in [0.25, 0.3) is 5.91 Å². The molecule has 3 aromatic carbocycles. The number of carbonyl (C=O) groups is 1. The van der Waals surface area contributed by atoms with Crippen molar-refractivity contribution in [2.24, 2.45) is 0 Å². The first-order chi connectivity index (χ1) is 14.6. The average Bonchev–Trinajstić information content (AvgIpc) is 3.20. The highest BCUT2D eigenvalue weighted by Crippen LogP contribution is 2.33. The fourth-order valence-corrected chi connectivity index (χ4v) is 4.32. The Morgan fingerprint density at radius 3 is 2.53 bits per heavy atom. The number of thiazole rings is 1. The number of aromatic nitrogens is 1. The van der Waals surface area contributed by atoms with Gasteiger partial charge in [-0.15, -0.1) is 0 Å². The van der Waals surface area contributed by atoms with Crippen LogP contribution in [0.3, 0.4) is 0 Å². The third-order valence-corrected chi connectivity index (χ3v) is 5.87. The summed E-state index contributed by atoms with van der Waals surface area (Å²) in [5.74, 6) is 0.903. The Labute approximate surface area is 179 Å². The zero-order valence-corrected chi connectivity index (χ0v) is 17.9. The average molecular weight is 419 g/mol. The lowest BCUT2D eigenvalue weighted by Crippen LogP contribution is -2.30. The van der Waals surface area contributed by atoms with Crippen LogP contribution in [0.25, 0.3) is 10.2 Å². The Bertz CT molecular complexity index is 1190. The molecule has 0 spiro atoms. The molecule has 4 rings (SSSR count). The number of hydrogen-bond donors (Lipinski definition) is 0. The molecule has 1 amide bonds. The van der Waals surface area contributed by atoms with E-state index >= 15 is 0 Å². The van der Waals surface area contributed by atoms with Crippen LogP contribution in [0.2, 0.25) is 0 Å². The smallest absolute Gasteiger partial charge is 0.264 e. The lowest BCUT2D eigenvalue weighted by atomic mass is 10.1. The maximum atomic E-state index is 13.7. The number of amides is 1. The van der Waals surface area contributed by atoms with Crippen molar-refractivity contribution in [2.75, 3.05) is 19.1 Å². The van der Waals surface area contributed by atoms with Crippen LogP contribution in [0, 0.1) is 6.92 Å². The predicted octanol–water partition coefficient (Wildman–Crippen LogP) is 5.47. The van der Waals surface area contributed by atoms with Crippen molar-refractivity contribution >= 4 is 32.6 Å². The van der Waals surface area contributed by atoms with Gasteiger partial charge in [-0.05, 0) is 48.4 Å². The number of anilines is 1. The molecule has 152 valence electrons. The Balaban J connectivity index is 1.81. The lowest BCUT2D eigenvalue weighted by molar-refractivity contribution is 0.0982. The molecule has 5 nitrogen and oxygen atoms in total. The molecule has 1 aromatic heterocycles. The second kappa shape index (κ2) is 8.55. The van der Waals surface area contributed by atoms with Crippen LogP contribution >= 0.6 is 11.3 Å². The van der Waals surface area contributed by atoms with E-state index in [1.807, 2.05) is 49.4 Å². The molecule has 6 heteroatoms. The van der Waals surface area contributed by atoms with Crippen molar-refractivity contribution in [1.82, 2.24) is 4.98 Å². The summed E-state index contributed by atoms with van der Waals surface area (Å²) in [5, 5.41) is 0.648. The minimum absolute atomic E-state index is 0.189. The first kappa shape index (κ1) is 19.9. The molecular weight excluding hydrogens is 396 g/mol. The number of methoxy groups -OCH3 is 2. The van der Waals surface area contributed by atoms with Gasteiger partial charge < -0.3 is 9.47 Å². The molecule has 0 radical (unpaired) electrons. The standard InChI is InChI=1S/C24H22N2O3S/c1-16-9-11-20-22(13-16)30-24(25-20)26(15-17-7-5-4-6-8-17)23(27)19-14-18(28-2)10-12-21(19)29-3/h4-14H,15H2,1-3H3. The SMILES string of the molecule is COc1ccc(OC)c(C(=O)N(Cc2ccccc2)c2nc3ccc(C)cc3s2)c1. The summed E-state index contributed by atoms with van der Waals surface area (Å²) in [6.45, 7) is 2.45. The predicted molar refractivity (Wildman–Crippen MR) is 121 cm³/mol. The number of ether oxygens (including phenoxy) is 2. The number of rotatable bonds is 6. The van der Waals surface area contributed by atoms with Gasteiger partial charge in [0, 0.05) is 0 Å². The van der Waals surface area contributed by atoms with Crippen LogP contribution in [0.15, 0.2) is 66.7 Å². The van der Waals surface area contributed by atoms with Crippen molar-refractivity contribution in [3.05, 3.63) is 83.4 Å². The normalized spacial score (nSPS) is 10.8. The molecule has 0 unspecified atom stereocenters. The highest BCUT2D eigenvalue weighted by molar-refractivity contribution is 7.22. The highest BCUT2D eigenvalue weighted by Gasteiger charge is 2.25. The van der Waals surface area contributed by atoms with Crippen LogP contribution < -0.4 is 14.4 Å². The molecular formula is C24H22N2O3S. The molecule has 1 heterocycles. The summed E-state index contributed by atoms with van der Waals surface area (Å²) in [4.78, 5) is 20.1. The molecule has 0 aliphatic rings. The van der Waals surface area contributed by atoms with E-state index in [-0.39, 0.29) is 5.91 Å². The summed E-state index contributed by atoms with van der Waals surface area (Å²) in [5.41, 5.74) is 3.49. The quantitative estimate of drug-likeness (QED) is 0.417. The van der Waals surface area contributed by atoms with E-state index in [4.69, 9.17) is 14.5 Å². The zero-order chi connectivity index (χ0) is 21.1. The molecule has 4 aromatic rings. The van der Waals surface area contributed by atoms with E-state index in [2.05, 4.69) is 6.07 Å². The Hall–Kier alpha value is -3.38. The second-order valence-electron chi connectivity index (χ2n) is 6.91. The van der Waals surface area contributed by atoms with Crippen LogP contribution in [0.1, 0.15) is 21.5 Å². The minimum Gasteiger partial charge on any atom is -0.497 e. The molecule has 0 atom stereocenters. The topological polar surface area (TPSA) is 51.7 Å². The van der Waals surface area contributed by atoms with Gasteiger partial charge >= 0.3 is 0 Å². The van der Waals surface area contributed by atoms with Crippen molar-refractivity contribution in [2.45, 2.75) is 13.5 Å². The van der Waals surface area contributed by atoms with E-state index in [0.29, 0.717) is 28.7 Å². The summed E-state index contributed by atoms with van der Waals surface area (Å²) in [7, 11) is 3.13. The maximum absolute atomic E-state index is 13.7. The van der Waals surface area contributed by atoms with E-state index < -0.39 is 0 Å². The van der Waals surface area contributed by atoms with Crippen LogP contribution in [-0.2, 0) is 6.54 Å². The number of fused-ring (bicyclic) bond motifs is 1. The largest absolute Gasteiger partial charge is 0.497 e.